The molecule has 120 valence electrons. The number of hydrazone groups is 1. The van der Waals surface area contributed by atoms with E-state index in [4.69, 9.17) is 11.6 Å². The van der Waals surface area contributed by atoms with Crippen molar-refractivity contribution in [3.8, 4) is 5.69 Å². The predicted molar refractivity (Wildman–Crippen MR) is 92.2 cm³/mol. The summed E-state index contributed by atoms with van der Waals surface area (Å²) in [5.74, 6) is -0.906. The Bertz CT molecular complexity index is 871. The molecule has 1 aromatic heterocycles. The Balaban J connectivity index is 1.81. The normalized spacial score (nSPS) is 10.9. The second-order valence-corrected chi connectivity index (χ2v) is 5.35. The molecule has 0 unspecified atom stereocenters. The van der Waals surface area contributed by atoms with E-state index in [1.807, 2.05) is 41.2 Å². The Labute approximate surface area is 143 Å². The standard InChI is InChI=1S/C18H13ClFN3O/c19-15-7-5-8-16(20)14(15)12-21-22-18(24)13-6-1-2-9-17(13)23-10-3-4-11-23/h1-12H,(H,22,24)/b21-12+. The van der Waals surface area contributed by atoms with Gasteiger partial charge in [0.15, 0.2) is 0 Å². The van der Waals surface area contributed by atoms with E-state index in [1.54, 1.807) is 18.2 Å². The average Bonchev–Trinajstić information content (AvgIpc) is 3.12. The van der Waals surface area contributed by atoms with E-state index >= 15 is 0 Å². The summed E-state index contributed by atoms with van der Waals surface area (Å²) in [7, 11) is 0. The maximum atomic E-state index is 13.7. The highest BCUT2D eigenvalue weighted by Gasteiger charge is 2.11. The van der Waals surface area contributed by atoms with Gasteiger partial charge < -0.3 is 4.57 Å². The molecule has 0 atom stereocenters. The van der Waals surface area contributed by atoms with Crippen LogP contribution in [0.5, 0.6) is 0 Å². The van der Waals surface area contributed by atoms with Gasteiger partial charge in [0.05, 0.1) is 22.5 Å². The van der Waals surface area contributed by atoms with Gasteiger partial charge in [-0.3, -0.25) is 4.79 Å². The van der Waals surface area contributed by atoms with Crippen molar-refractivity contribution in [2.24, 2.45) is 5.10 Å². The van der Waals surface area contributed by atoms with Crippen LogP contribution < -0.4 is 5.43 Å². The molecular weight excluding hydrogens is 329 g/mol. The SMILES string of the molecule is O=C(N/N=C/c1c(F)cccc1Cl)c1ccccc1-n1cccc1. The van der Waals surface area contributed by atoms with E-state index in [2.05, 4.69) is 10.5 Å². The van der Waals surface area contributed by atoms with Crippen LogP contribution in [0.15, 0.2) is 72.1 Å². The maximum absolute atomic E-state index is 13.7. The molecule has 1 heterocycles. The van der Waals surface area contributed by atoms with Crippen LogP contribution >= 0.6 is 11.6 Å². The van der Waals surface area contributed by atoms with Gasteiger partial charge in [0.2, 0.25) is 0 Å². The lowest BCUT2D eigenvalue weighted by molar-refractivity contribution is 0.0955. The molecule has 3 rings (SSSR count). The van der Waals surface area contributed by atoms with Gasteiger partial charge in [-0.25, -0.2) is 9.82 Å². The summed E-state index contributed by atoms with van der Waals surface area (Å²) in [5.41, 5.74) is 3.69. The second kappa shape index (κ2) is 7.10. The van der Waals surface area contributed by atoms with Gasteiger partial charge in [0, 0.05) is 18.0 Å². The Morgan fingerprint density at radius 1 is 1.08 bits per heavy atom. The van der Waals surface area contributed by atoms with E-state index < -0.39 is 11.7 Å². The summed E-state index contributed by atoms with van der Waals surface area (Å²) in [6.45, 7) is 0. The summed E-state index contributed by atoms with van der Waals surface area (Å²) in [5, 5.41) is 4.03. The summed E-state index contributed by atoms with van der Waals surface area (Å²) in [4.78, 5) is 12.4. The fraction of sp³-hybridized carbons (Fsp3) is 0. The Hall–Kier alpha value is -2.92. The molecule has 0 saturated carbocycles. The number of rotatable bonds is 4. The molecule has 0 aliphatic carbocycles. The number of carbonyl (C=O) groups is 1. The molecule has 0 saturated heterocycles. The topological polar surface area (TPSA) is 46.4 Å². The number of benzene rings is 2. The molecule has 0 radical (unpaired) electrons. The van der Waals surface area contributed by atoms with Crippen molar-refractivity contribution in [2.45, 2.75) is 0 Å². The Morgan fingerprint density at radius 3 is 2.58 bits per heavy atom. The maximum Gasteiger partial charge on any atom is 0.273 e. The molecule has 24 heavy (non-hydrogen) atoms. The van der Waals surface area contributed by atoms with Crippen molar-refractivity contribution >= 4 is 23.7 Å². The third-order valence-electron chi connectivity index (χ3n) is 3.39. The molecular formula is C18H13ClFN3O. The minimum absolute atomic E-state index is 0.123. The number of halogens is 2. The minimum Gasteiger partial charge on any atom is -0.323 e. The monoisotopic (exact) mass is 341 g/mol. The number of aromatic nitrogens is 1. The second-order valence-electron chi connectivity index (χ2n) is 4.94. The number of amides is 1. The van der Waals surface area contributed by atoms with Crippen molar-refractivity contribution in [1.29, 1.82) is 0 Å². The highest BCUT2D eigenvalue weighted by Crippen LogP contribution is 2.17. The first-order chi connectivity index (χ1) is 11.7. The highest BCUT2D eigenvalue weighted by molar-refractivity contribution is 6.33. The fourth-order valence-corrected chi connectivity index (χ4v) is 2.45. The summed E-state index contributed by atoms with van der Waals surface area (Å²) in [6.07, 6.45) is 4.87. The van der Waals surface area contributed by atoms with Crippen LogP contribution in [0.25, 0.3) is 5.69 Å². The molecule has 1 N–H and O–H groups in total. The van der Waals surface area contributed by atoms with E-state index in [0.29, 0.717) is 5.56 Å². The van der Waals surface area contributed by atoms with Crippen LogP contribution in [0.4, 0.5) is 4.39 Å². The Kier molecular flexibility index (Phi) is 4.72. The number of nitrogens with one attached hydrogen (secondary N) is 1. The first-order valence-electron chi connectivity index (χ1n) is 7.16. The van der Waals surface area contributed by atoms with Crippen LogP contribution in [0.2, 0.25) is 5.02 Å². The van der Waals surface area contributed by atoms with Crippen LogP contribution in [0.3, 0.4) is 0 Å². The van der Waals surface area contributed by atoms with Gasteiger partial charge in [-0.2, -0.15) is 5.10 Å². The quantitative estimate of drug-likeness (QED) is 0.565. The van der Waals surface area contributed by atoms with Crippen molar-refractivity contribution < 1.29 is 9.18 Å². The molecule has 3 aromatic rings. The summed E-state index contributed by atoms with van der Waals surface area (Å²) < 4.78 is 15.5. The van der Waals surface area contributed by atoms with E-state index in [-0.39, 0.29) is 10.6 Å². The lowest BCUT2D eigenvalue weighted by Gasteiger charge is -2.09. The molecule has 0 spiro atoms. The van der Waals surface area contributed by atoms with Gasteiger partial charge in [0.1, 0.15) is 5.82 Å². The van der Waals surface area contributed by atoms with Gasteiger partial charge in [-0.05, 0) is 36.4 Å². The molecule has 0 fully saturated rings. The molecule has 0 aliphatic heterocycles. The zero-order valence-electron chi connectivity index (χ0n) is 12.5. The molecule has 0 aliphatic rings. The molecule has 2 aromatic carbocycles. The lowest BCUT2D eigenvalue weighted by atomic mass is 10.1. The van der Waals surface area contributed by atoms with E-state index in [0.717, 1.165) is 5.69 Å². The Morgan fingerprint density at radius 2 is 1.83 bits per heavy atom. The van der Waals surface area contributed by atoms with Gasteiger partial charge >= 0.3 is 0 Å². The molecule has 0 bridgehead atoms. The van der Waals surface area contributed by atoms with Gasteiger partial charge in [0.25, 0.3) is 5.91 Å². The van der Waals surface area contributed by atoms with Crippen LogP contribution in [0.1, 0.15) is 15.9 Å². The lowest BCUT2D eigenvalue weighted by Crippen LogP contribution is -2.19. The number of carbonyl (C=O) groups excluding carboxylic acids is 1. The minimum atomic E-state index is -0.506. The van der Waals surface area contributed by atoms with Crippen molar-refractivity contribution in [1.82, 2.24) is 9.99 Å². The zero-order valence-corrected chi connectivity index (χ0v) is 13.2. The van der Waals surface area contributed by atoms with Gasteiger partial charge in [-0.15, -0.1) is 0 Å². The fourth-order valence-electron chi connectivity index (χ4n) is 2.24. The highest BCUT2D eigenvalue weighted by atomic mass is 35.5. The zero-order chi connectivity index (χ0) is 16.9. The smallest absolute Gasteiger partial charge is 0.273 e. The van der Waals surface area contributed by atoms with Crippen LogP contribution in [-0.4, -0.2) is 16.7 Å². The van der Waals surface area contributed by atoms with Crippen LogP contribution in [-0.2, 0) is 0 Å². The first-order valence-corrected chi connectivity index (χ1v) is 7.54. The van der Waals surface area contributed by atoms with Crippen LogP contribution in [0, 0.1) is 5.82 Å². The number of hydrogen-bond acceptors (Lipinski definition) is 2. The molecule has 6 heteroatoms. The van der Waals surface area contributed by atoms with E-state index in [1.165, 1.54) is 18.3 Å². The first kappa shape index (κ1) is 16.0. The molecule has 1 amide bonds. The van der Waals surface area contributed by atoms with E-state index in [9.17, 15) is 9.18 Å². The number of para-hydroxylation sites is 1. The third kappa shape index (κ3) is 3.36. The summed E-state index contributed by atoms with van der Waals surface area (Å²) >= 11 is 5.91. The van der Waals surface area contributed by atoms with Crippen molar-refractivity contribution in [2.75, 3.05) is 0 Å². The third-order valence-corrected chi connectivity index (χ3v) is 3.72. The largest absolute Gasteiger partial charge is 0.323 e. The predicted octanol–water partition coefficient (Wildman–Crippen LogP) is 4.03. The van der Waals surface area contributed by atoms with Crippen molar-refractivity contribution in [3.63, 3.8) is 0 Å². The van der Waals surface area contributed by atoms with Crippen molar-refractivity contribution in [3.05, 3.63) is 89.0 Å². The van der Waals surface area contributed by atoms with Gasteiger partial charge in [-0.1, -0.05) is 29.8 Å². The number of nitrogens with zero attached hydrogens (tertiary/aromatic N) is 2. The summed E-state index contributed by atoms with van der Waals surface area (Å²) in [6, 6.07) is 15.2. The average molecular weight is 342 g/mol. The number of hydrogen-bond donors (Lipinski definition) is 1. The molecule has 4 nitrogen and oxygen atoms in total.